The summed E-state index contributed by atoms with van der Waals surface area (Å²) in [6.45, 7) is 7.16. The normalized spacial score (nSPS) is 26.0. The highest BCUT2D eigenvalue weighted by Crippen LogP contribution is 2.37. The Kier molecular flexibility index (Phi) is 6.72. The van der Waals surface area contributed by atoms with Crippen molar-refractivity contribution in [3.05, 3.63) is 34.3 Å². The van der Waals surface area contributed by atoms with Crippen molar-refractivity contribution in [2.75, 3.05) is 13.1 Å². The quantitative estimate of drug-likeness (QED) is 0.751. The van der Waals surface area contributed by atoms with Crippen molar-refractivity contribution >= 4 is 15.9 Å². The molecule has 0 bridgehead atoms. The van der Waals surface area contributed by atoms with Crippen molar-refractivity contribution < 1.29 is 4.74 Å². The van der Waals surface area contributed by atoms with E-state index in [1.807, 2.05) is 0 Å². The molecule has 0 amide bonds. The number of benzene rings is 1. The summed E-state index contributed by atoms with van der Waals surface area (Å²) >= 11 is 3.62. The molecule has 0 saturated heterocycles. The Balaban J connectivity index is 1.98. The predicted molar refractivity (Wildman–Crippen MR) is 92.5 cm³/mol. The predicted octanol–water partition coefficient (Wildman–Crippen LogP) is 4.91. The molecule has 1 saturated carbocycles. The first-order valence-corrected chi connectivity index (χ1v) is 9.06. The zero-order chi connectivity index (χ0) is 15.1. The third-order valence-corrected chi connectivity index (χ3v) is 5.56. The zero-order valence-electron chi connectivity index (χ0n) is 13.3. The van der Waals surface area contributed by atoms with Gasteiger partial charge in [0.1, 0.15) is 0 Å². The van der Waals surface area contributed by atoms with Crippen LogP contribution in [0, 0.1) is 5.92 Å². The van der Waals surface area contributed by atoms with Gasteiger partial charge in [-0.2, -0.15) is 0 Å². The number of ether oxygens (including phenoxy) is 1. The second kappa shape index (κ2) is 8.30. The van der Waals surface area contributed by atoms with Crippen LogP contribution >= 0.6 is 15.9 Å². The summed E-state index contributed by atoms with van der Waals surface area (Å²) in [4.78, 5) is 0. The molecule has 3 heteroatoms. The van der Waals surface area contributed by atoms with Gasteiger partial charge in [-0.05, 0) is 49.8 Å². The van der Waals surface area contributed by atoms with Crippen LogP contribution in [0.4, 0.5) is 0 Å². The number of halogens is 1. The summed E-state index contributed by atoms with van der Waals surface area (Å²) in [5.74, 6) is 0.895. The van der Waals surface area contributed by atoms with E-state index < -0.39 is 0 Å². The molecular formula is C18H28BrNO. The molecule has 118 valence electrons. The Labute approximate surface area is 137 Å². The largest absolute Gasteiger partial charge is 0.369 e. The molecule has 1 N–H and O–H groups in total. The van der Waals surface area contributed by atoms with Crippen LogP contribution in [0.3, 0.4) is 0 Å². The van der Waals surface area contributed by atoms with Crippen LogP contribution in [0.2, 0.25) is 0 Å². The summed E-state index contributed by atoms with van der Waals surface area (Å²) < 4.78 is 7.58. The molecule has 0 aliphatic heterocycles. The lowest BCUT2D eigenvalue weighted by molar-refractivity contribution is -0.0861. The van der Waals surface area contributed by atoms with Gasteiger partial charge in [-0.3, -0.25) is 0 Å². The molecule has 0 unspecified atom stereocenters. The van der Waals surface area contributed by atoms with Crippen LogP contribution in [0.15, 0.2) is 28.7 Å². The van der Waals surface area contributed by atoms with Crippen molar-refractivity contribution in [2.45, 2.75) is 58.2 Å². The second-order valence-corrected chi connectivity index (χ2v) is 7.05. The van der Waals surface area contributed by atoms with Crippen molar-refractivity contribution in [2.24, 2.45) is 5.92 Å². The van der Waals surface area contributed by atoms with Crippen molar-refractivity contribution in [3.8, 4) is 0 Å². The fourth-order valence-electron chi connectivity index (χ4n) is 3.18. The summed E-state index contributed by atoms with van der Waals surface area (Å²) in [7, 11) is 0. The first-order valence-electron chi connectivity index (χ1n) is 8.27. The Hall–Kier alpha value is -0.380. The van der Waals surface area contributed by atoms with Gasteiger partial charge in [0, 0.05) is 11.0 Å². The van der Waals surface area contributed by atoms with Crippen LogP contribution in [-0.2, 0) is 11.3 Å². The van der Waals surface area contributed by atoms with E-state index in [1.54, 1.807) is 0 Å². The first kappa shape index (κ1) is 17.0. The van der Waals surface area contributed by atoms with Crippen molar-refractivity contribution in [1.29, 1.82) is 0 Å². The number of rotatable bonds is 7. The minimum absolute atomic E-state index is 0.0248. The highest BCUT2D eigenvalue weighted by molar-refractivity contribution is 9.10. The second-order valence-electron chi connectivity index (χ2n) is 6.20. The van der Waals surface area contributed by atoms with Gasteiger partial charge < -0.3 is 10.1 Å². The van der Waals surface area contributed by atoms with Gasteiger partial charge in [-0.1, -0.05) is 54.4 Å². The molecule has 2 rings (SSSR count). The van der Waals surface area contributed by atoms with Crippen molar-refractivity contribution in [1.82, 2.24) is 5.32 Å². The van der Waals surface area contributed by atoms with E-state index in [4.69, 9.17) is 4.74 Å². The molecule has 0 heterocycles. The van der Waals surface area contributed by atoms with E-state index in [2.05, 4.69) is 59.4 Å². The molecule has 0 radical (unpaired) electrons. The van der Waals surface area contributed by atoms with Crippen LogP contribution in [0.1, 0.15) is 51.5 Å². The molecule has 1 aromatic carbocycles. The fraction of sp³-hybridized carbons (Fsp3) is 0.667. The SMILES string of the molecule is CCNCC1(OCc2ccccc2Br)CCC(CC)CC1. The standard InChI is InChI=1S/C18H28BrNO/c1-3-15-9-11-18(12-10-15,14-20-4-2)21-13-16-7-5-6-8-17(16)19/h5-8,15,20H,3-4,9-14H2,1-2H3. The molecule has 1 fully saturated rings. The lowest BCUT2D eigenvalue weighted by Crippen LogP contribution is -2.45. The average Bonchev–Trinajstić information content (AvgIpc) is 2.53. The van der Waals surface area contributed by atoms with Crippen molar-refractivity contribution in [3.63, 3.8) is 0 Å². The topological polar surface area (TPSA) is 21.3 Å². The minimum Gasteiger partial charge on any atom is -0.369 e. The monoisotopic (exact) mass is 353 g/mol. The van der Waals surface area contributed by atoms with Gasteiger partial charge in [0.2, 0.25) is 0 Å². The summed E-state index contributed by atoms with van der Waals surface area (Å²) in [6, 6.07) is 8.36. The fourth-order valence-corrected chi connectivity index (χ4v) is 3.58. The van der Waals surface area contributed by atoms with Gasteiger partial charge in [0.15, 0.2) is 0 Å². The molecule has 0 atom stereocenters. The first-order chi connectivity index (χ1) is 10.2. The van der Waals surface area contributed by atoms with E-state index in [0.29, 0.717) is 6.61 Å². The van der Waals surface area contributed by atoms with E-state index in [-0.39, 0.29) is 5.60 Å². The van der Waals surface area contributed by atoms with Crippen LogP contribution < -0.4 is 5.32 Å². The number of nitrogens with one attached hydrogen (secondary N) is 1. The zero-order valence-corrected chi connectivity index (χ0v) is 14.9. The van der Waals surface area contributed by atoms with Crippen LogP contribution in [-0.4, -0.2) is 18.7 Å². The highest BCUT2D eigenvalue weighted by Gasteiger charge is 2.35. The Morgan fingerprint density at radius 2 is 1.95 bits per heavy atom. The molecule has 1 aromatic rings. The number of hydrogen-bond acceptors (Lipinski definition) is 2. The molecule has 1 aliphatic carbocycles. The van der Waals surface area contributed by atoms with Gasteiger partial charge in [0.05, 0.1) is 12.2 Å². The molecule has 21 heavy (non-hydrogen) atoms. The summed E-state index contributed by atoms with van der Waals surface area (Å²) in [6.07, 6.45) is 6.28. The van der Waals surface area contributed by atoms with E-state index in [1.165, 1.54) is 37.7 Å². The van der Waals surface area contributed by atoms with Gasteiger partial charge in [-0.15, -0.1) is 0 Å². The smallest absolute Gasteiger partial charge is 0.0811 e. The third-order valence-electron chi connectivity index (χ3n) is 4.78. The summed E-state index contributed by atoms with van der Waals surface area (Å²) in [5, 5.41) is 3.51. The Morgan fingerprint density at radius 1 is 1.24 bits per heavy atom. The minimum atomic E-state index is 0.0248. The maximum absolute atomic E-state index is 6.44. The maximum Gasteiger partial charge on any atom is 0.0811 e. The molecule has 0 spiro atoms. The lowest BCUT2D eigenvalue weighted by Gasteiger charge is -2.40. The molecule has 0 aromatic heterocycles. The Bertz CT molecular complexity index is 427. The van der Waals surface area contributed by atoms with Gasteiger partial charge in [0.25, 0.3) is 0 Å². The van der Waals surface area contributed by atoms with Crippen LogP contribution in [0.5, 0.6) is 0 Å². The Morgan fingerprint density at radius 3 is 2.57 bits per heavy atom. The average molecular weight is 354 g/mol. The maximum atomic E-state index is 6.44. The van der Waals surface area contributed by atoms with Gasteiger partial charge in [-0.25, -0.2) is 0 Å². The number of hydrogen-bond donors (Lipinski definition) is 1. The van der Waals surface area contributed by atoms with Gasteiger partial charge >= 0.3 is 0 Å². The van der Waals surface area contributed by atoms with E-state index in [0.717, 1.165) is 23.5 Å². The molecule has 2 nitrogen and oxygen atoms in total. The number of likely N-dealkylation sites (N-methyl/N-ethyl adjacent to an activating group) is 1. The summed E-state index contributed by atoms with van der Waals surface area (Å²) in [5.41, 5.74) is 1.27. The molecule has 1 aliphatic rings. The van der Waals surface area contributed by atoms with E-state index >= 15 is 0 Å². The van der Waals surface area contributed by atoms with E-state index in [9.17, 15) is 0 Å². The lowest BCUT2D eigenvalue weighted by atomic mass is 9.77. The third kappa shape index (κ3) is 4.80. The van der Waals surface area contributed by atoms with Crippen LogP contribution in [0.25, 0.3) is 0 Å². The molecular weight excluding hydrogens is 326 g/mol. The highest BCUT2D eigenvalue weighted by atomic mass is 79.9.